The first-order valence-corrected chi connectivity index (χ1v) is 14.8. The molecule has 1 fully saturated rings. The normalized spacial score (nSPS) is 38.0. The number of allylic oxidation sites excluding steroid dienone is 4. The van der Waals surface area contributed by atoms with Gasteiger partial charge in [0.25, 0.3) is 0 Å². The summed E-state index contributed by atoms with van der Waals surface area (Å²) < 4.78 is 5.32. The molecule has 39 heavy (non-hydrogen) atoms. The molecule has 0 N–H and O–H groups in total. The monoisotopic (exact) mass is 537 g/mol. The summed E-state index contributed by atoms with van der Waals surface area (Å²) in [5.74, 6) is -0.125. The fourth-order valence-electron chi connectivity index (χ4n) is 8.06. The summed E-state index contributed by atoms with van der Waals surface area (Å²) in [5.41, 5.74) is -1.23. The molecule has 0 aromatic carbocycles. The highest BCUT2D eigenvalue weighted by atomic mass is 16.5. The molecule has 0 aliphatic heterocycles. The number of nitriles is 1. The van der Waals surface area contributed by atoms with E-state index in [9.17, 15) is 19.6 Å². The highest BCUT2D eigenvalue weighted by molar-refractivity contribution is 6.04. The SMILES string of the molecule is COC(=O)[C@@]1(C)CCC(C)(C)CCCC(=O)/C=C2/[C@@]3(C)C=C(C#N)C(=O)C(C)(C)[C@@H]3CC[C@@]2(C)C(C)(C)CC1. The van der Waals surface area contributed by atoms with Crippen molar-refractivity contribution >= 4 is 17.5 Å². The predicted octanol–water partition coefficient (Wildman–Crippen LogP) is 7.94. The Labute approximate surface area is 236 Å². The smallest absolute Gasteiger partial charge is 0.311 e. The molecule has 0 aromatic heterocycles. The summed E-state index contributed by atoms with van der Waals surface area (Å²) in [5, 5.41) is 9.94. The van der Waals surface area contributed by atoms with Gasteiger partial charge in [-0.05, 0) is 86.5 Å². The van der Waals surface area contributed by atoms with Gasteiger partial charge in [0.2, 0.25) is 0 Å². The quantitative estimate of drug-likeness (QED) is 0.317. The van der Waals surface area contributed by atoms with E-state index in [2.05, 4.69) is 54.5 Å². The fraction of sp³-hybridized carbons (Fsp3) is 0.765. The van der Waals surface area contributed by atoms with E-state index in [0.29, 0.717) is 12.8 Å². The van der Waals surface area contributed by atoms with E-state index in [4.69, 9.17) is 4.74 Å². The summed E-state index contributed by atoms with van der Waals surface area (Å²) in [6.07, 6.45) is 10.7. The maximum atomic E-state index is 13.6. The number of Topliss-reactive ketones (excluding diaryl/α,β-unsaturated/α-hetero) is 1. The summed E-state index contributed by atoms with van der Waals surface area (Å²) >= 11 is 0. The van der Waals surface area contributed by atoms with Crippen molar-refractivity contribution in [2.45, 2.75) is 120 Å². The lowest BCUT2D eigenvalue weighted by molar-refractivity contribution is -0.153. The second-order valence-electron chi connectivity index (χ2n) is 15.4. The molecule has 0 bridgehead atoms. The van der Waals surface area contributed by atoms with Crippen molar-refractivity contribution in [3.05, 3.63) is 23.3 Å². The Morgan fingerprint density at radius 1 is 0.923 bits per heavy atom. The van der Waals surface area contributed by atoms with Crippen LogP contribution >= 0.6 is 0 Å². The van der Waals surface area contributed by atoms with Crippen molar-refractivity contribution < 1.29 is 19.1 Å². The van der Waals surface area contributed by atoms with Gasteiger partial charge in [0.05, 0.1) is 18.1 Å². The maximum absolute atomic E-state index is 13.6. The Bertz CT molecular complexity index is 1130. The zero-order valence-corrected chi connectivity index (χ0v) is 26.2. The van der Waals surface area contributed by atoms with E-state index < -0.39 is 16.2 Å². The van der Waals surface area contributed by atoms with Crippen molar-refractivity contribution in [3.63, 3.8) is 0 Å². The van der Waals surface area contributed by atoms with Gasteiger partial charge >= 0.3 is 5.97 Å². The van der Waals surface area contributed by atoms with Crippen LogP contribution in [0.2, 0.25) is 0 Å². The van der Waals surface area contributed by atoms with Crippen LogP contribution in [0.25, 0.3) is 0 Å². The van der Waals surface area contributed by atoms with Crippen LogP contribution in [-0.2, 0) is 19.1 Å². The minimum atomic E-state index is -0.698. The minimum absolute atomic E-state index is 0.00400. The number of hydrogen-bond donors (Lipinski definition) is 0. The van der Waals surface area contributed by atoms with E-state index in [0.717, 1.165) is 50.5 Å². The Hall–Kier alpha value is -2.22. The van der Waals surface area contributed by atoms with Gasteiger partial charge < -0.3 is 4.74 Å². The lowest BCUT2D eigenvalue weighted by Gasteiger charge is -2.61. The zero-order chi connectivity index (χ0) is 29.7. The third-order valence-electron chi connectivity index (χ3n) is 11.5. The summed E-state index contributed by atoms with van der Waals surface area (Å²) in [6, 6.07) is 2.18. The summed E-state index contributed by atoms with van der Waals surface area (Å²) in [4.78, 5) is 40.0. The largest absolute Gasteiger partial charge is 0.469 e. The average molecular weight is 538 g/mol. The second-order valence-corrected chi connectivity index (χ2v) is 15.4. The number of rotatable bonds is 1. The zero-order valence-electron chi connectivity index (χ0n) is 26.2. The highest BCUT2D eigenvalue weighted by Crippen LogP contribution is 2.67. The van der Waals surface area contributed by atoms with Crippen LogP contribution in [0.15, 0.2) is 23.3 Å². The number of esters is 1. The van der Waals surface area contributed by atoms with E-state index in [1.165, 1.54) is 7.11 Å². The van der Waals surface area contributed by atoms with Crippen LogP contribution in [-0.4, -0.2) is 24.6 Å². The molecule has 0 spiro atoms. The molecule has 0 aromatic rings. The van der Waals surface area contributed by atoms with Crippen LogP contribution in [0.5, 0.6) is 0 Å². The first-order valence-electron chi connectivity index (χ1n) is 14.8. The number of ether oxygens (including phenoxy) is 1. The molecule has 0 radical (unpaired) electrons. The van der Waals surface area contributed by atoms with Gasteiger partial charge in [-0.15, -0.1) is 0 Å². The fourth-order valence-corrected chi connectivity index (χ4v) is 8.06. The first-order chi connectivity index (χ1) is 17.8. The summed E-state index contributed by atoms with van der Waals surface area (Å²) in [7, 11) is 1.48. The Balaban J connectivity index is 2.22. The van der Waals surface area contributed by atoms with Crippen LogP contribution in [0.3, 0.4) is 0 Å². The standard InChI is InChI=1S/C34H51NO4/c1-29(2)14-11-12-24(36)20-26-33(8)21-23(22-35)27(37)31(5,6)25(33)13-15-34(26,9)30(3,4)17-19-32(7,18-16-29)28(38)39-10/h20-21,25H,11-19H2,1-10H3/b26-20-/t25-,32-,33-,34+/m0/s1. The van der Waals surface area contributed by atoms with E-state index >= 15 is 0 Å². The highest BCUT2D eigenvalue weighted by Gasteiger charge is 2.61. The van der Waals surface area contributed by atoms with Crippen molar-refractivity contribution in [2.75, 3.05) is 7.11 Å². The van der Waals surface area contributed by atoms with Crippen LogP contribution in [0.4, 0.5) is 0 Å². The topological polar surface area (TPSA) is 84.2 Å². The number of hydrogen-bond acceptors (Lipinski definition) is 5. The molecule has 5 heteroatoms. The number of fused-ring (bicyclic) bond motifs is 3. The molecular weight excluding hydrogens is 486 g/mol. The second kappa shape index (κ2) is 10.3. The van der Waals surface area contributed by atoms with Gasteiger partial charge in [0.1, 0.15) is 6.07 Å². The Morgan fingerprint density at radius 2 is 1.54 bits per heavy atom. The minimum Gasteiger partial charge on any atom is -0.469 e. The third kappa shape index (κ3) is 5.42. The number of nitrogens with zero attached hydrogens (tertiary/aromatic N) is 1. The van der Waals surface area contributed by atoms with Gasteiger partial charge in [0.15, 0.2) is 11.6 Å². The maximum Gasteiger partial charge on any atom is 0.311 e. The molecule has 0 saturated heterocycles. The molecule has 1 saturated carbocycles. The van der Waals surface area contributed by atoms with Crippen LogP contribution < -0.4 is 0 Å². The van der Waals surface area contributed by atoms with Crippen LogP contribution in [0, 0.1) is 49.7 Å². The number of carbonyl (C=O) groups is 3. The molecule has 0 unspecified atom stereocenters. The van der Waals surface area contributed by atoms with Gasteiger partial charge in [-0.3, -0.25) is 14.4 Å². The Morgan fingerprint density at radius 3 is 2.13 bits per heavy atom. The first kappa shape index (κ1) is 31.3. The molecule has 4 atom stereocenters. The number of methoxy groups -OCH3 is 1. The molecule has 5 nitrogen and oxygen atoms in total. The predicted molar refractivity (Wildman–Crippen MR) is 155 cm³/mol. The van der Waals surface area contributed by atoms with Gasteiger partial charge in [-0.1, -0.05) is 67.0 Å². The van der Waals surface area contributed by atoms with Gasteiger partial charge in [-0.25, -0.2) is 0 Å². The van der Waals surface area contributed by atoms with E-state index in [1.54, 1.807) is 0 Å². The molecule has 216 valence electrons. The van der Waals surface area contributed by atoms with Crippen molar-refractivity contribution in [2.24, 2.45) is 38.4 Å². The molecular formula is C34H51NO4. The van der Waals surface area contributed by atoms with Gasteiger partial charge in [0, 0.05) is 17.3 Å². The number of ketones is 2. The Kier molecular flexibility index (Phi) is 8.28. The lowest BCUT2D eigenvalue weighted by Crippen LogP contribution is -2.55. The third-order valence-corrected chi connectivity index (χ3v) is 11.5. The summed E-state index contributed by atoms with van der Waals surface area (Å²) in [6.45, 7) is 19.4. The average Bonchev–Trinajstić information content (AvgIpc) is 2.85. The molecule has 3 aliphatic rings. The van der Waals surface area contributed by atoms with Crippen LogP contribution in [0.1, 0.15) is 120 Å². The van der Waals surface area contributed by atoms with E-state index in [-0.39, 0.29) is 45.3 Å². The van der Waals surface area contributed by atoms with Gasteiger partial charge in [-0.2, -0.15) is 5.26 Å². The number of carbonyl (C=O) groups excluding carboxylic acids is 3. The molecule has 3 aliphatic carbocycles. The lowest BCUT2D eigenvalue weighted by atomic mass is 9.42. The molecule has 0 heterocycles. The van der Waals surface area contributed by atoms with Crippen molar-refractivity contribution in [3.8, 4) is 6.07 Å². The van der Waals surface area contributed by atoms with Crippen molar-refractivity contribution in [1.82, 2.24) is 0 Å². The molecule has 0 amide bonds. The van der Waals surface area contributed by atoms with Crippen molar-refractivity contribution in [1.29, 1.82) is 5.26 Å². The van der Waals surface area contributed by atoms with E-state index in [1.807, 2.05) is 26.0 Å². The molecule has 3 rings (SSSR count).